The summed E-state index contributed by atoms with van der Waals surface area (Å²) < 4.78 is 5.40. The number of urea groups is 1. The molecule has 2 aromatic rings. The molecular formula is C34H39N5O7. The number of ether oxygens (including phenoxy) is 1. The molecule has 0 bridgehead atoms. The quantitative estimate of drug-likeness (QED) is 0.285. The second-order valence-electron chi connectivity index (χ2n) is 13.2. The number of oxime groups is 1. The number of allylic oxidation sites excluding steroid dienone is 1. The highest BCUT2D eigenvalue weighted by molar-refractivity contribution is 6.24. The average molecular weight is 630 g/mol. The number of carbonyl (C=O) groups is 4. The Bertz CT molecular complexity index is 1570. The first-order valence-electron chi connectivity index (χ1n) is 15.7. The summed E-state index contributed by atoms with van der Waals surface area (Å²) in [5.41, 5.74) is 4.89. The molecule has 12 nitrogen and oxygen atoms in total. The normalized spacial score (nSPS) is 26.4. The Labute approximate surface area is 267 Å². The minimum Gasteiger partial charge on any atom is -0.479 e. The van der Waals surface area contributed by atoms with Gasteiger partial charge in [-0.1, -0.05) is 65.8 Å². The van der Waals surface area contributed by atoms with E-state index in [1.165, 1.54) is 4.90 Å². The van der Waals surface area contributed by atoms with Crippen LogP contribution in [0.25, 0.3) is 11.1 Å². The molecule has 12 heteroatoms. The van der Waals surface area contributed by atoms with E-state index in [1.807, 2.05) is 60.7 Å². The molecule has 2 fully saturated rings. The lowest BCUT2D eigenvalue weighted by Gasteiger charge is -2.32. The van der Waals surface area contributed by atoms with Gasteiger partial charge >= 0.3 is 18.1 Å². The van der Waals surface area contributed by atoms with Crippen molar-refractivity contribution >= 4 is 29.7 Å². The molecule has 242 valence electrons. The van der Waals surface area contributed by atoms with Gasteiger partial charge in [0.05, 0.1) is 6.54 Å². The van der Waals surface area contributed by atoms with Crippen LogP contribution in [0.15, 0.2) is 65.8 Å². The van der Waals surface area contributed by atoms with Crippen LogP contribution in [0.2, 0.25) is 0 Å². The molecule has 1 saturated carbocycles. The fourth-order valence-corrected chi connectivity index (χ4v) is 6.38. The largest absolute Gasteiger partial charge is 0.479 e. The summed E-state index contributed by atoms with van der Waals surface area (Å²) in [4.78, 5) is 60.3. The highest BCUT2D eigenvalue weighted by atomic mass is 16.6. The van der Waals surface area contributed by atoms with E-state index in [2.05, 4.69) is 15.9 Å². The van der Waals surface area contributed by atoms with E-state index in [-0.39, 0.29) is 31.8 Å². The van der Waals surface area contributed by atoms with Crippen LogP contribution >= 0.6 is 0 Å². The second-order valence-corrected chi connectivity index (χ2v) is 13.2. The number of nitrogens with zero attached hydrogens (tertiary/aromatic N) is 3. The lowest BCUT2D eigenvalue weighted by atomic mass is 10.1. The first-order chi connectivity index (χ1) is 22.0. The van der Waals surface area contributed by atoms with Crippen LogP contribution in [0.4, 0.5) is 9.59 Å². The molecule has 2 aromatic carbocycles. The number of hydrogen-bond acceptors (Lipinski definition) is 7. The van der Waals surface area contributed by atoms with Gasteiger partial charge in [-0.15, -0.1) is 0 Å². The van der Waals surface area contributed by atoms with Gasteiger partial charge in [0, 0.05) is 30.0 Å². The molecule has 1 saturated heterocycles. The van der Waals surface area contributed by atoms with Gasteiger partial charge in [0.1, 0.15) is 29.0 Å². The maximum atomic E-state index is 14.1. The number of hydrogen-bond donors (Lipinski definition) is 3. The van der Waals surface area contributed by atoms with Gasteiger partial charge < -0.3 is 24.9 Å². The van der Waals surface area contributed by atoms with Crippen molar-refractivity contribution in [3.8, 4) is 11.1 Å². The van der Waals surface area contributed by atoms with Gasteiger partial charge in [0.2, 0.25) is 5.91 Å². The lowest BCUT2D eigenvalue weighted by Crippen LogP contribution is -2.58. The maximum absolute atomic E-state index is 14.1. The predicted octanol–water partition coefficient (Wildman–Crippen LogP) is 4.44. The van der Waals surface area contributed by atoms with Crippen molar-refractivity contribution in [3.63, 3.8) is 0 Å². The zero-order valence-corrected chi connectivity index (χ0v) is 26.2. The Morgan fingerprint density at radius 3 is 2.30 bits per heavy atom. The van der Waals surface area contributed by atoms with Crippen molar-refractivity contribution in [1.82, 2.24) is 20.7 Å². The van der Waals surface area contributed by atoms with Crippen molar-refractivity contribution in [3.05, 3.63) is 71.8 Å². The van der Waals surface area contributed by atoms with Crippen molar-refractivity contribution in [1.29, 1.82) is 0 Å². The van der Waals surface area contributed by atoms with Crippen LogP contribution in [0.1, 0.15) is 64.0 Å². The Morgan fingerprint density at radius 2 is 1.67 bits per heavy atom. The molecule has 0 spiro atoms. The number of carbonyl (C=O) groups excluding carboxylic acids is 3. The zero-order chi connectivity index (χ0) is 32.6. The smallest absolute Gasteiger partial charge is 0.426 e. The highest BCUT2D eigenvalue weighted by Crippen LogP contribution is 2.45. The highest BCUT2D eigenvalue weighted by Gasteiger charge is 2.61. The number of hydrazine groups is 1. The molecule has 46 heavy (non-hydrogen) atoms. The van der Waals surface area contributed by atoms with Crippen molar-refractivity contribution in [2.75, 3.05) is 13.1 Å². The van der Waals surface area contributed by atoms with Crippen LogP contribution in [-0.4, -0.2) is 81.1 Å². The third-order valence-electron chi connectivity index (χ3n) is 8.73. The Morgan fingerprint density at radius 1 is 1.02 bits per heavy atom. The van der Waals surface area contributed by atoms with Gasteiger partial charge in [-0.2, -0.15) is 0 Å². The summed E-state index contributed by atoms with van der Waals surface area (Å²) in [7, 11) is 0. The Hall–Kier alpha value is -4.87. The van der Waals surface area contributed by atoms with Crippen LogP contribution < -0.4 is 10.7 Å². The lowest BCUT2D eigenvalue weighted by molar-refractivity contribution is -0.144. The van der Waals surface area contributed by atoms with Crippen LogP contribution in [0.3, 0.4) is 0 Å². The summed E-state index contributed by atoms with van der Waals surface area (Å²) in [6.45, 7) is 5.34. The molecule has 0 unspecified atom stereocenters. The maximum Gasteiger partial charge on any atom is 0.426 e. The van der Waals surface area contributed by atoms with E-state index in [9.17, 15) is 24.3 Å². The number of carboxylic acid groups (broad SMARTS) is 1. The topological polar surface area (TPSA) is 150 Å². The van der Waals surface area contributed by atoms with Crippen LogP contribution in [0.5, 0.6) is 0 Å². The van der Waals surface area contributed by atoms with Gasteiger partial charge in [0.15, 0.2) is 0 Å². The molecule has 2 aliphatic heterocycles. The van der Waals surface area contributed by atoms with E-state index in [0.717, 1.165) is 27.3 Å². The van der Waals surface area contributed by atoms with Gasteiger partial charge in [-0.3, -0.25) is 4.79 Å². The van der Waals surface area contributed by atoms with Crippen molar-refractivity contribution in [2.45, 2.75) is 76.2 Å². The molecule has 6 rings (SSSR count). The number of fused-ring (bicyclic) bond motifs is 5. The first kappa shape index (κ1) is 31.1. The van der Waals surface area contributed by atoms with Gasteiger partial charge in [-0.25, -0.2) is 24.8 Å². The molecule has 4 atom stereocenters. The van der Waals surface area contributed by atoms with Gasteiger partial charge in [-0.05, 0) is 57.6 Å². The molecule has 3 N–H and O–H groups in total. The number of benzene rings is 2. The fourth-order valence-electron chi connectivity index (χ4n) is 6.38. The zero-order valence-electron chi connectivity index (χ0n) is 26.2. The first-order valence-corrected chi connectivity index (χ1v) is 15.7. The minimum absolute atomic E-state index is 0.00705. The summed E-state index contributed by atoms with van der Waals surface area (Å²) in [5.74, 6) is -2.06. The van der Waals surface area contributed by atoms with Gasteiger partial charge in [0.25, 0.3) is 0 Å². The monoisotopic (exact) mass is 629 g/mol. The summed E-state index contributed by atoms with van der Waals surface area (Å²) in [6, 6.07) is 14.1. The minimum atomic E-state index is -1.43. The van der Waals surface area contributed by atoms with E-state index >= 15 is 0 Å². The predicted molar refractivity (Wildman–Crippen MR) is 169 cm³/mol. The van der Waals surface area contributed by atoms with Crippen LogP contribution in [-0.2, 0) is 19.2 Å². The molecular weight excluding hydrogens is 590 g/mol. The number of carboxylic acids is 1. The molecule has 2 heterocycles. The summed E-state index contributed by atoms with van der Waals surface area (Å²) >= 11 is 0. The molecule has 4 amide bonds. The summed E-state index contributed by atoms with van der Waals surface area (Å²) in [6.07, 6.45) is 4.52. The Kier molecular flexibility index (Phi) is 8.22. The molecule has 0 radical (unpaired) electrons. The molecule has 0 aromatic heterocycles. The number of amides is 4. The van der Waals surface area contributed by atoms with Crippen LogP contribution in [0, 0.1) is 5.92 Å². The fraction of sp³-hybridized carbons (Fsp3) is 0.441. The third-order valence-corrected chi connectivity index (χ3v) is 8.73. The second kappa shape index (κ2) is 12.1. The Balaban J connectivity index is 1.29. The van der Waals surface area contributed by atoms with E-state index in [1.54, 1.807) is 20.8 Å². The van der Waals surface area contributed by atoms with E-state index in [0.29, 0.717) is 25.0 Å². The SMILES string of the molecule is CC(C)(C)OC(=O)NN1CCCC/C=C\[C@@H]2C[C@@]2(C(=O)O)NC(=O)[C@@H]2C[C@@H](ON=C3c4ccccc4-c4ccccc43)CN2C1=O. The van der Waals surface area contributed by atoms with E-state index in [4.69, 9.17) is 9.57 Å². The number of rotatable bonds is 4. The standard InChI is InChI=1S/C34H39N5O7/c1-33(2,3)45-31(43)36-39-17-11-5-4-6-12-21-19-34(21,30(41)42)35-29(40)27-18-22(20-38(27)32(39)44)46-37-28-25-15-9-7-13-23(25)24-14-8-10-16-26(24)28/h6-10,12-16,21-22,27H,4-5,11,17-20H2,1-3H3,(H,35,40)(H,36,43)(H,41,42)/b12-6-/t21-,22-,27+,34-/m1/s1. The van der Waals surface area contributed by atoms with Crippen molar-refractivity contribution in [2.24, 2.45) is 11.1 Å². The van der Waals surface area contributed by atoms with Crippen molar-refractivity contribution < 1.29 is 33.9 Å². The third kappa shape index (κ3) is 6.16. The average Bonchev–Trinajstić information content (AvgIpc) is 3.38. The number of nitrogens with one attached hydrogen (secondary N) is 2. The van der Waals surface area contributed by atoms with E-state index < -0.39 is 47.3 Å². The molecule has 2 aliphatic carbocycles. The number of aliphatic carboxylic acids is 1. The molecule has 4 aliphatic rings. The summed E-state index contributed by atoms with van der Waals surface area (Å²) in [5, 5.41) is 18.5.